The van der Waals surface area contributed by atoms with Gasteiger partial charge in [0.1, 0.15) is 0 Å². The summed E-state index contributed by atoms with van der Waals surface area (Å²) in [5.41, 5.74) is 5.38. The van der Waals surface area contributed by atoms with Crippen molar-refractivity contribution < 1.29 is 0 Å². The molecule has 0 saturated heterocycles. The van der Waals surface area contributed by atoms with Gasteiger partial charge in [0, 0.05) is 19.5 Å². The van der Waals surface area contributed by atoms with Gasteiger partial charge in [0.15, 0.2) is 0 Å². The van der Waals surface area contributed by atoms with Crippen molar-refractivity contribution in [3.8, 4) is 0 Å². The fraction of sp³-hybridized carbons (Fsp3) is 0.800. The van der Waals surface area contributed by atoms with Crippen LogP contribution in [0, 0.1) is 5.41 Å². The third kappa shape index (κ3) is 3.02. The Morgan fingerprint density at radius 2 is 2.05 bits per heavy atom. The lowest BCUT2D eigenvalue weighted by atomic mass is 9.69. The van der Waals surface area contributed by atoms with Crippen LogP contribution in [0.5, 0.6) is 0 Å². The van der Waals surface area contributed by atoms with E-state index in [9.17, 15) is 0 Å². The summed E-state index contributed by atoms with van der Waals surface area (Å²) < 4.78 is 1.91. The number of nitrogens with two attached hydrogens (primary N) is 1. The van der Waals surface area contributed by atoms with E-state index in [0.29, 0.717) is 0 Å². The average Bonchev–Trinajstić information content (AvgIpc) is 2.71. The maximum atomic E-state index is 6.46. The number of aryl methyl sites for hydroxylation is 2. The molecule has 0 bridgehead atoms. The van der Waals surface area contributed by atoms with Crippen LogP contribution >= 0.6 is 11.6 Å². The molecule has 1 saturated carbocycles. The van der Waals surface area contributed by atoms with Gasteiger partial charge in [0.2, 0.25) is 0 Å². The predicted molar refractivity (Wildman–Crippen MR) is 83.6 cm³/mol. The highest BCUT2D eigenvalue weighted by molar-refractivity contribution is 6.31. The molecule has 1 aromatic rings. The van der Waals surface area contributed by atoms with E-state index < -0.39 is 0 Å². The van der Waals surface area contributed by atoms with Crippen molar-refractivity contribution >= 4 is 11.6 Å². The quantitative estimate of drug-likeness (QED) is 0.649. The predicted octanol–water partition coefficient (Wildman–Crippen LogP) is 2.98. The van der Waals surface area contributed by atoms with Gasteiger partial charge in [-0.1, -0.05) is 44.7 Å². The van der Waals surface area contributed by atoms with Gasteiger partial charge in [-0.2, -0.15) is 5.10 Å². The van der Waals surface area contributed by atoms with Crippen LogP contribution in [0.2, 0.25) is 5.02 Å². The Bertz CT molecular complexity index is 449. The Labute approximate surface area is 127 Å². The SMILES string of the molecule is CCc1nn(C)c(CC(NN)C2(C)CCCCC2)c1Cl. The molecule has 0 amide bonds. The number of hydrogen-bond acceptors (Lipinski definition) is 3. The van der Waals surface area contributed by atoms with E-state index in [1.807, 2.05) is 11.7 Å². The van der Waals surface area contributed by atoms with Gasteiger partial charge in [-0.25, -0.2) is 0 Å². The van der Waals surface area contributed by atoms with Crippen LogP contribution in [0.1, 0.15) is 57.3 Å². The fourth-order valence-corrected chi connectivity index (χ4v) is 3.82. The number of hydrogen-bond donors (Lipinski definition) is 2. The molecular weight excluding hydrogens is 272 g/mol. The summed E-state index contributed by atoms with van der Waals surface area (Å²) in [5, 5.41) is 5.31. The summed E-state index contributed by atoms with van der Waals surface area (Å²) in [5.74, 6) is 5.85. The monoisotopic (exact) mass is 298 g/mol. The molecule has 1 atom stereocenters. The van der Waals surface area contributed by atoms with Crippen LogP contribution in [0.15, 0.2) is 0 Å². The highest BCUT2D eigenvalue weighted by Gasteiger charge is 2.36. The van der Waals surface area contributed by atoms with Crippen LogP contribution in [0.25, 0.3) is 0 Å². The van der Waals surface area contributed by atoms with Crippen LogP contribution in [-0.2, 0) is 19.9 Å². The fourth-order valence-electron chi connectivity index (χ4n) is 3.45. The second-order valence-electron chi connectivity index (χ2n) is 6.32. The number of halogens is 1. The van der Waals surface area contributed by atoms with Crippen molar-refractivity contribution in [3.63, 3.8) is 0 Å². The molecule has 0 aliphatic heterocycles. The van der Waals surface area contributed by atoms with Crippen LogP contribution in [0.4, 0.5) is 0 Å². The number of aromatic nitrogens is 2. The first kappa shape index (κ1) is 15.8. The van der Waals surface area contributed by atoms with E-state index >= 15 is 0 Å². The lowest BCUT2D eigenvalue weighted by Crippen LogP contribution is -2.49. The molecule has 1 fully saturated rings. The number of nitrogens with one attached hydrogen (secondary N) is 1. The van der Waals surface area contributed by atoms with E-state index in [4.69, 9.17) is 17.4 Å². The van der Waals surface area contributed by atoms with Crippen molar-refractivity contribution in [2.75, 3.05) is 0 Å². The molecule has 1 unspecified atom stereocenters. The molecule has 20 heavy (non-hydrogen) atoms. The van der Waals surface area contributed by atoms with Gasteiger partial charge in [-0.3, -0.25) is 16.0 Å². The third-order valence-corrected chi connectivity index (χ3v) is 5.37. The minimum absolute atomic E-state index is 0.250. The summed E-state index contributed by atoms with van der Waals surface area (Å²) in [4.78, 5) is 0. The van der Waals surface area contributed by atoms with E-state index in [1.165, 1.54) is 32.1 Å². The third-order valence-electron chi connectivity index (χ3n) is 4.94. The Morgan fingerprint density at radius 3 is 2.55 bits per heavy atom. The van der Waals surface area contributed by atoms with Crippen LogP contribution in [-0.4, -0.2) is 15.8 Å². The van der Waals surface area contributed by atoms with Crippen LogP contribution in [0.3, 0.4) is 0 Å². The molecule has 1 aliphatic carbocycles. The molecule has 0 spiro atoms. The standard InChI is InChI=1S/C15H27ClN4/c1-4-11-14(16)12(20(3)19-11)10-13(18-17)15(2)8-6-5-7-9-15/h13,18H,4-10,17H2,1-3H3. The van der Waals surface area contributed by atoms with E-state index in [0.717, 1.165) is 29.3 Å². The summed E-state index contributed by atoms with van der Waals surface area (Å²) in [6.45, 7) is 4.43. The van der Waals surface area contributed by atoms with Crippen molar-refractivity contribution in [1.29, 1.82) is 0 Å². The first-order valence-electron chi connectivity index (χ1n) is 7.68. The lowest BCUT2D eigenvalue weighted by molar-refractivity contribution is 0.142. The summed E-state index contributed by atoms with van der Waals surface area (Å²) >= 11 is 6.46. The molecule has 1 heterocycles. The maximum Gasteiger partial charge on any atom is 0.0850 e. The zero-order valence-corrected chi connectivity index (χ0v) is 13.6. The maximum absolute atomic E-state index is 6.46. The van der Waals surface area contributed by atoms with Crippen molar-refractivity contribution in [2.45, 2.75) is 64.8 Å². The zero-order chi connectivity index (χ0) is 14.8. The minimum Gasteiger partial charge on any atom is -0.271 e. The summed E-state index contributed by atoms with van der Waals surface area (Å²) in [7, 11) is 1.97. The Kier molecular flexibility index (Phi) is 5.10. The lowest BCUT2D eigenvalue weighted by Gasteiger charge is -2.40. The molecule has 3 N–H and O–H groups in total. The molecule has 1 aliphatic rings. The average molecular weight is 299 g/mol. The van der Waals surface area contributed by atoms with Gasteiger partial charge in [-0.05, 0) is 24.7 Å². The van der Waals surface area contributed by atoms with E-state index in [-0.39, 0.29) is 11.5 Å². The van der Waals surface area contributed by atoms with Crippen molar-refractivity contribution in [1.82, 2.24) is 15.2 Å². The van der Waals surface area contributed by atoms with E-state index in [2.05, 4.69) is 24.4 Å². The van der Waals surface area contributed by atoms with Crippen molar-refractivity contribution in [2.24, 2.45) is 18.3 Å². The molecule has 5 heteroatoms. The second kappa shape index (κ2) is 6.46. The Balaban J connectivity index is 2.20. The highest BCUT2D eigenvalue weighted by Crippen LogP contribution is 2.40. The first-order chi connectivity index (χ1) is 9.51. The zero-order valence-electron chi connectivity index (χ0n) is 12.9. The number of nitrogens with zero attached hydrogens (tertiary/aromatic N) is 2. The van der Waals surface area contributed by atoms with Gasteiger partial charge in [-0.15, -0.1) is 0 Å². The molecular formula is C15H27ClN4. The normalized spacial score (nSPS) is 20.1. The summed E-state index contributed by atoms with van der Waals surface area (Å²) in [6, 6.07) is 0.250. The molecule has 114 valence electrons. The molecule has 2 rings (SSSR count). The second-order valence-corrected chi connectivity index (χ2v) is 6.70. The van der Waals surface area contributed by atoms with Gasteiger partial charge in [0.25, 0.3) is 0 Å². The van der Waals surface area contributed by atoms with Gasteiger partial charge in [0.05, 0.1) is 16.4 Å². The molecule has 0 aromatic carbocycles. The first-order valence-corrected chi connectivity index (χ1v) is 8.06. The number of hydrazine groups is 1. The van der Waals surface area contributed by atoms with Crippen LogP contribution < -0.4 is 11.3 Å². The Morgan fingerprint density at radius 1 is 1.40 bits per heavy atom. The summed E-state index contributed by atoms with van der Waals surface area (Å²) in [6.07, 6.45) is 8.12. The molecule has 1 aromatic heterocycles. The van der Waals surface area contributed by atoms with E-state index in [1.54, 1.807) is 0 Å². The topological polar surface area (TPSA) is 55.9 Å². The Hall–Kier alpha value is -0.580. The number of rotatable bonds is 5. The highest BCUT2D eigenvalue weighted by atomic mass is 35.5. The minimum atomic E-state index is 0.250. The van der Waals surface area contributed by atoms with Gasteiger partial charge >= 0.3 is 0 Å². The largest absolute Gasteiger partial charge is 0.271 e. The van der Waals surface area contributed by atoms with Gasteiger partial charge < -0.3 is 0 Å². The molecule has 0 radical (unpaired) electrons. The molecule has 4 nitrogen and oxygen atoms in total. The van der Waals surface area contributed by atoms with Crippen molar-refractivity contribution in [3.05, 3.63) is 16.4 Å². The smallest absolute Gasteiger partial charge is 0.0850 e.